The van der Waals surface area contributed by atoms with Crippen molar-refractivity contribution in [2.24, 2.45) is 0 Å². The van der Waals surface area contributed by atoms with E-state index < -0.39 is 10.0 Å². The van der Waals surface area contributed by atoms with E-state index in [1.165, 1.54) is 12.1 Å². The van der Waals surface area contributed by atoms with Crippen LogP contribution in [0.25, 0.3) is 0 Å². The van der Waals surface area contributed by atoms with E-state index in [2.05, 4.69) is 10.0 Å². The summed E-state index contributed by atoms with van der Waals surface area (Å²) < 4.78 is 28.2. The Morgan fingerprint density at radius 2 is 1.80 bits per heavy atom. The van der Waals surface area contributed by atoms with E-state index >= 15 is 0 Å². The smallest absolute Gasteiger partial charge is 0.261 e. The lowest BCUT2D eigenvalue weighted by Crippen LogP contribution is -2.30. The van der Waals surface area contributed by atoms with E-state index in [0.29, 0.717) is 11.3 Å². The Morgan fingerprint density at radius 1 is 1.12 bits per heavy atom. The van der Waals surface area contributed by atoms with Crippen LogP contribution in [0, 0.1) is 6.92 Å². The molecule has 0 saturated heterocycles. The third-order valence-electron chi connectivity index (χ3n) is 3.80. The summed E-state index contributed by atoms with van der Waals surface area (Å²) in [7, 11) is -3.78. The van der Waals surface area contributed by atoms with Crippen molar-refractivity contribution in [2.45, 2.75) is 45.1 Å². The summed E-state index contributed by atoms with van der Waals surface area (Å²) in [6.45, 7) is 7.54. The fourth-order valence-electron chi connectivity index (χ4n) is 2.51. The molecule has 5 nitrogen and oxygen atoms in total. The first kappa shape index (κ1) is 19.0. The first-order valence-corrected chi connectivity index (χ1v) is 9.75. The number of anilines is 1. The molecule has 2 aromatic carbocycles. The standard InChI is InChI=1S/C19H24N2O3S/c1-5-15-9-6-8-14(4)18(15)21-25(23,24)17-11-7-10-16(12-17)19(22)20-13(2)3/h6-13,21H,5H2,1-4H3,(H,20,22). The van der Waals surface area contributed by atoms with Crippen LogP contribution in [-0.2, 0) is 16.4 Å². The lowest BCUT2D eigenvalue weighted by Gasteiger charge is -2.15. The molecule has 2 N–H and O–H groups in total. The Labute approximate surface area is 149 Å². The molecule has 0 fully saturated rings. The molecule has 0 atom stereocenters. The minimum Gasteiger partial charge on any atom is -0.350 e. The second kappa shape index (κ2) is 7.70. The van der Waals surface area contributed by atoms with Gasteiger partial charge in [0.1, 0.15) is 0 Å². The Bertz CT molecular complexity index is 874. The molecular weight excluding hydrogens is 336 g/mol. The van der Waals surface area contributed by atoms with E-state index in [9.17, 15) is 13.2 Å². The summed E-state index contributed by atoms with van der Waals surface area (Å²) in [4.78, 5) is 12.2. The van der Waals surface area contributed by atoms with E-state index in [1.807, 2.05) is 45.9 Å². The van der Waals surface area contributed by atoms with Crippen LogP contribution in [0.4, 0.5) is 5.69 Å². The predicted molar refractivity (Wildman–Crippen MR) is 100 cm³/mol. The molecule has 134 valence electrons. The minimum absolute atomic E-state index is 0.0232. The molecule has 0 saturated carbocycles. The van der Waals surface area contributed by atoms with Crippen molar-refractivity contribution in [1.82, 2.24) is 5.32 Å². The van der Waals surface area contributed by atoms with Gasteiger partial charge in [0.05, 0.1) is 10.6 Å². The summed E-state index contributed by atoms with van der Waals surface area (Å²) >= 11 is 0. The highest BCUT2D eigenvalue weighted by atomic mass is 32.2. The molecule has 0 aliphatic carbocycles. The Hall–Kier alpha value is -2.34. The molecule has 0 radical (unpaired) electrons. The van der Waals surface area contributed by atoms with Crippen molar-refractivity contribution in [2.75, 3.05) is 4.72 Å². The van der Waals surface area contributed by atoms with E-state index in [0.717, 1.165) is 17.5 Å². The molecule has 6 heteroatoms. The van der Waals surface area contributed by atoms with E-state index in [-0.39, 0.29) is 16.8 Å². The van der Waals surface area contributed by atoms with Crippen LogP contribution in [0.5, 0.6) is 0 Å². The van der Waals surface area contributed by atoms with Gasteiger partial charge in [-0.1, -0.05) is 31.2 Å². The number of para-hydroxylation sites is 1. The zero-order chi connectivity index (χ0) is 18.6. The first-order chi connectivity index (χ1) is 11.7. The van der Waals surface area contributed by atoms with Gasteiger partial charge < -0.3 is 5.32 Å². The van der Waals surface area contributed by atoms with Gasteiger partial charge in [0.25, 0.3) is 15.9 Å². The van der Waals surface area contributed by atoms with Gasteiger partial charge in [-0.2, -0.15) is 0 Å². The summed E-state index contributed by atoms with van der Waals surface area (Å²) in [6.07, 6.45) is 0.719. The Morgan fingerprint density at radius 3 is 2.44 bits per heavy atom. The number of carbonyl (C=O) groups excluding carboxylic acids is 1. The zero-order valence-corrected chi connectivity index (χ0v) is 15.8. The number of nitrogens with one attached hydrogen (secondary N) is 2. The largest absolute Gasteiger partial charge is 0.350 e. The zero-order valence-electron chi connectivity index (χ0n) is 15.0. The molecule has 2 aromatic rings. The first-order valence-electron chi connectivity index (χ1n) is 8.27. The van der Waals surface area contributed by atoms with Gasteiger partial charge in [-0.25, -0.2) is 8.42 Å². The van der Waals surface area contributed by atoms with Crippen LogP contribution in [-0.4, -0.2) is 20.4 Å². The van der Waals surface area contributed by atoms with Gasteiger partial charge in [0.15, 0.2) is 0 Å². The van der Waals surface area contributed by atoms with Gasteiger partial charge in [-0.05, 0) is 56.5 Å². The molecule has 1 amide bonds. The number of hydrogen-bond acceptors (Lipinski definition) is 3. The molecule has 2 rings (SSSR count). The summed E-state index contributed by atoms with van der Waals surface area (Å²) in [5.74, 6) is -0.294. The molecule has 0 aliphatic rings. The minimum atomic E-state index is -3.78. The second-order valence-corrected chi connectivity index (χ2v) is 7.91. The van der Waals surface area contributed by atoms with Crippen LogP contribution >= 0.6 is 0 Å². The lowest BCUT2D eigenvalue weighted by molar-refractivity contribution is 0.0943. The maximum atomic E-state index is 12.8. The van der Waals surface area contributed by atoms with Crippen molar-refractivity contribution in [1.29, 1.82) is 0 Å². The third kappa shape index (κ3) is 4.60. The maximum absolute atomic E-state index is 12.8. The van der Waals surface area contributed by atoms with Crippen LogP contribution in [0.1, 0.15) is 42.3 Å². The predicted octanol–water partition coefficient (Wildman–Crippen LogP) is 3.50. The Kier molecular flexibility index (Phi) is 5.85. The van der Waals surface area contributed by atoms with Crippen LogP contribution in [0.15, 0.2) is 47.4 Å². The average Bonchev–Trinajstić information content (AvgIpc) is 2.56. The van der Waals surface area contributed by atoms with Crippen LogP contribution < -0.4 is 10.0 Å². The van der Waals surface area contributed by atoms with Gasteiger partial charge >= 0.3 is 0 Å². The monoisotopic (exact) mass is 360 g/mol. The van der Waals surface area contributed by atoms with E-state index in [1.54, 1.807) is 12.1 Å². The van der Waals surface area contributed by atoms with Crippen molar-refractivity contribution in [3.63, 3.8) is 0 Å². The summed E-state index contributed by atoms with van der Waals surface area (Å²) in [5, 5.41) is 2.76. The highest BCUT2D eigenvalue weighted by molar-refractivity contribution is 7.92. The summed E-state index contributed by atoms with van der Waals surface area (Å²) in [6, 6.07) is 11.7. The number of carbonyl (C=O) groups is 1. The lowest BCUT2D eigenvalue weighted by atomic mass is 10.1. The highest BCUT2D eigenvalue weighted by Gasteiger charge is 2.19. The molecular formula is C19H24N2O3S. The molecule has 0 heterocycles. The number of aryl methyl sites for hydroxylation is 2. The normalized spacial score (nSPS) is 11.4. The third-order valence-corrected chi connectivity index (χ3v) is 5.15. The fourth-order valence-corrected chi connectivity index (χ4v) is 3.73. The fraction of sp³-hybridized carbons (Fsp3) is 0.316. The second-order valence-electron chi connectivity index (χ2n) is 6.22. The number of hydrogen-bond donors (Lipinski definition) is 2. The topological polar surface area (TPSA) is 75.3 Å². The van der Waals surface area contributed by atoms with Crippen molar-refractivity contribution < 1.29 is 13.2 Å². The molecule has 25 heavy (non-hydrogen) atoms. The molecule has 0 spiro atoms. The van der Waals surface area contributed by atoms with Gasteiger partial charge in [0.2, 0.25) is 0 Å². The van der Waals surface area contributed by atoms with E-state index in [4.69, 9.17) is 0 Å². The van der Waals surface area contributed by atoms with Crippen molar-refractivity contribution in [3.8, 4) is 0 Å². The SMILES string of the molecule is CCc1cccc(C)c1NS(=O)(=O)c1cccc(C(=O)NC(C)C)c1. The average molecular weight is 360 g/mol. The van der Waals surface area contributed by atoms with Crippen molar-refractivity contribution >= 4 is 21.6 Å². The van der Waals surface area contributed by atoms with Gasteiger partial charge in [-0.3, -0.25) is 9.52 Å². The van der Waals surface area contributed by atoms with Crippen molar-refractivity contribution in [3.05, 3.63) is 59.2 Å². The van der Waals surface area contributed by atoms with Gasteiger partial charge in [-0.15, -0.1) is 0 Å². The maximum Gasteiger partial charge on any atom is 0.261 e. The number of benzene rings is 2. The quantitative estimate of drug-likeness (QED) is 0.828. The molecule has 0 aromatic heterocycles. The Balaban J connectivity index is 2.37. The molecule has 0 bridgehead atoms. The molecule has 0 unspecified atom stereocenters. The van der Waals surface area contributed by atoms with Gasteiger partial charge in [0, 0.05) is 11.6 Å². The highest BCUT2D eigenvalue weighted by Crippen LogP contribution is 2.25. The number of sulfonamides is 1. The molecule has 0 aliphatic heterocycles. The number of amides is 1. The van der Waals surface area contributed by atoms with Crippen LogP contribution in [0.3, 0.4) is 0 Å². The number of rotatable bonds is 6. The summed E-state index contributed by atoms with van der Waals surface area (Å²) in [5.41, 5.74) is 2.70. The van der Waals surface area contributed by atoms with Crippen LogP contribution in [0.2, 0.25) is 0 Å².